The minimum Gasteiger partial charge on any atom is -0.464 e. The number of halogens is 7. The zero-order valence-electron chi connectivity index (χ0n) is 12.0. The van der Waals surface area contributed by atoms with Crippen LogP contribution < -0.4 is 5.32 Å². The third-order valence-electron chi connectivity index (χ3n) is 2.49. The van der Waals surface area contributed by atoms with Crippen molar-refractivity contribution < 1.29 is 49.8 Å². The molecule has 0 bridgehead atoms. The van der Waals surface area contributed by atoms with Crippen molar-refractivity contribution in [2.75, 3.05) is 13.7 Å². The van der Waals surface area contributed by atoms with Crippen molar-refractivity contribution >= 4 is 12.1 Å². The first-order valence-corrected chi connectivity index (χ1v) is 6.13. The van der Waals surface area contributed by atoms with E-state index in [0.717, 1.165) is 7.11 Å². The number of nitrogens with one attached hydrogen (secondary N) is 1. The van der Waals surface area contributed by atoms with Gasteiger partial charge in [-0.25, -0.2) is 9.59 Å². The molecule has 1 N–H and O–H groups in total. The largest absolute Gasteiger partial charge is 0.464 e. The molecule has 1 atom stereocenters. The molecule has 5 nitrogen and oxygen atoms in total. The molecule has 1 unspecified atom stereocenters. The van der Waals surface area contributed by atoms with Gasteiger partial charge >= 0.3 is 30.1 Å². The maximum atomic E-state index is 13.3. The molecule has 0 aliphatic heterocycles. The summed E-state index contributed by atoms with van der Waals surface area (Å²) in [5.74, 6) is -13.7. The van der Waals surface area contributed by atoms with Crippen LogP contribution in [0.1, 0.15) is 19.8 Å². The molecule has 0 saturated heterocycles. The highest BCUT2D eigenvalue weighted by Gasteiger charge is 2.73. The van der Waals surface area contributed by atoms with Crippen molar-refractivity contribution in [2.24, 2.45) is 0 Å². The van der Waals surface area contributed by atoms with Gasteiger partial charge in [0.15, 0.2) is 0 Å². The quantitative estimate of drug-likeness (QED) is 0.562. The Morgan fingerprint density at radius 3 is 2.00 bits per heavy atom. The van der Waals surface area contributed by atoms with Gasteiger partial charge < -0.3 is 14.8 Å². The minimum atomic E-state index is -6.54. The summed E-state index contributed by atoms with van der Waals surface area (Å²) in [7, 11) is 0.770. The molecule has 0 aliphatic rings. The average molecular weight is 357 g/mol. The molecule has 0 saturated carbocycles. The number of methoxy groups -OCH3 is 1. The minimum absolute atomic E-state index is 0.228. The number of ether oxygens (including phenoxy) is 2. The van der Waals surface area contributed by atoms with Crippen LogP contribution >= 0.6 is 0 Å². The smallest absolute Gasteiger partial charge is 0.459 e. The summed E-state index contributed by atoms with van der Waals surface area (Å²) in [5, 5.41) is 1.44. The lowest BCUT2D eigenvalue weighted by Gasteiger charge is -2.30. The maximum absolute atomic E-state index is 13.3. The molecule has 0 aliphatic carbocycles. The van der Waals surface area contributed by atoms with E-state index in [0.29, 0.717) is 0 Å². The number of rotatable bonds is 7. The topological polar surface area (TPSA) is 64.6 Å². The van der Waals surface area contributed by atoms with Crippen LogP contribution in [0.25, 0.3) is 0 Å². The molecule has 0 rings (SSSR count). The van der Waals surface area contributed by atoms with Gasteiger partial charge in [0, 0.05) is 6.42 Å². The molecule has 0 aromatic carbocycles. The van der Waals surface area contributed by atoms with Gasteiger partial charge in [0.2, 0.25) is 0 Å². The van der Waals surface area contributed by atoms with Gasteiger partial charge in [-0.1, -0.05) is 6.92 Å². The van der Waals surface area contributed by atoms with Crippen LogP contribution in [0.3, 0.4) is 0 Å². The lowest BCUT2D eigenvalue weighted by molar-refractivity contribution is -0.356. The van der Waals surface area contributed by atoms with Crippen LogP contribution in [0.5, 0.6) is 0 Å². The van der Waals surface area contributed by atoms with Crippen LogP contribution in [-0.4, -0.2) is 49.8 Å². The summed E-state index contributed by atoms with van der Waals surface area (Å²) >= 11 is 0. The number of amides is 1. The highest BCUT2D eigenvalue weighted by molar-refractivity contribution is 5.81. The predicted octanol–water partition coefficient (Wildman–Crippen LogP) is 2.89. The Bertz CT molecular complexity index is 425. The Morgan fingerprint density at radius 2 is 1.61 bits per heavy atom. The highest BCUT2D eigenvalue weighted by atomic mass is 19.4. The monoisotopic (exact) mass is 357 g/mol. The SMILES string of the molecule is CCCOC(=O)C(CC(F)(F)C(F)(F)C(F)(F)F)NC(=O)OC. The molecule has 0 fully saturated rings. The van der Waals surface area contributed by atoms with Crippen LogP contribution in [0.15, 0.2) is 0 Å². The first-order chi connectivity index (χ1) is 10.3. The third kappa shape index (κ3) is 5.43. The number of esters is 1. The molecule has 0 aromatic heterocycles. The number of carbonyl (C=O) groups excluding carboxylic acids is 2. The lowest BCUT2D eigenvalue weighted by Crippen LogP contribution is -2.56. The molecule has 0 heterocycles. The fraction of sp³-hybridized carbons (Fsp3) is 0.818. The first-order valence-electron chi connectivity index (χ1n) is 6.13. The second-order valence-electron chi connectivity index (χ2n) is 4.34. The van der Waals surface area contributed by atoms with E-state index in [1.807, 2.05) is 0 Å². The summed E-state index contributed by atoms with van der Waals surface area (Å²) < 4.78 is 96.8. The Balaban J connectivity index is 5.34. The van der Waals surface area contributed by atoms with Gasteiger partial charge in [0.05, 0.1) is 13.7 Å². The molecular weight excluding hydrogens is 343 g/mol. The molecule has 12 heteroatoms. The number of hydrogen-bond acceptors (Lipinski definition) is 4. The Labute approximate surface area is 126 Å². The van der Waals surface area contributed by atoms with E-state index in [-0.39, 0.29) is 13.0 Å². The van der Waals surface area contributed by atoms with Crippen LogP contribution in [0.4, 0.5) is 35.5 Å². The zero-order valence-corrected chi connectivity index (χ0v) is 12.0. The van der Waals surface area contributed by atoms with Gasteiger partial charge in [0.25, 0.3) is 0 Å². The third-order valence-corrected chi connectivity index (χ3v) is 2.49. The Kier molecular flexibility index (Phi) is 7.10. The lowest BCUT2D eigenvalue weighted by atomic mass is 10.0. The molecule has 0 radical (unpaired) electrons. The standard InChI is InChI=1S/C11H14F7NO4/c1-3-4-23-7(20)6(19-8(21)22-2)5-9(12,13)10(14,15)11(16,17)18/h6H,3-5H2,1-2H3,(H,19,21). The van der Waals surface area contributed by atoms with Gasteiger partial charge in [-0.15, -0.1) is 0 Å². The fourth-order valence-electron chi connectivity index (χ4n) is 1.29. The van der Waals surface area contributed by atoms with E-state index < -0.39 is 42.5 Å². The highest BCUT2D eigenvalue weighted by Crippen LogP contribution is 2.48. The predicted molar refractivity (Wildman–Crippen MR) is 61.1 cm³/mol. The van der Waals surface area contributed by atoms with Crippen LogP contribution in [0, 0.1) is 0 Å². The molecule has 23 heavy (non-hydrogen) atoms. The summed E-state index contributed by atoms with van der Waals surface area (Å²) in [6.45, 7) is 1.21. The second-order valence-corrected chi connectivity index (χ2v) is 4.34. The van der Waals surface area contributed by atoms with Gasteiger partial charge in [-0.05, 0) is 6.42 Å². The van der Waals surface area contributed by atoms with E-state index in [9.17, 15) is 40.3 Å². The fourth-order valence-corrected chi connectivity index (χ4v) is 1.29. The summed E-state index contributed by atoms with van der Waals surface area (Å²) in [6, 6.07) is -2.45. The summed E-state index contributed by atoms with van der Waals surface area (Å²) in [5.41, 5.74) is 0. The van der Waals surface area contributed by atoms with E-state index in [4.69, 9.17) is 0 Å². The number of hydrogen-bond donors (Lipinski definition) is 1. The van der Waals surface area contributed by atoms with Crippen molar-refractivity contribution in [2.45, 2.75) is 43.8 Å². The van der Waals surface area contributed by atoms with Crippen molar-refractivity contribution in [1.82, 2.24) is 5.32 Å². The Hall–Kier alpha value is -1.75. The van der Waals surface area contributed by atoms with E-state index >= 15 is 0 Å². The summed E-state index contributed by atoms with van der Waals surface area (Å²) in [4.78, 5) is 22.4. The van der Waals surface area contributed by atoms with Crippen molar-refractivity contribution in [1.29, 1.82) is 0 Å². The summed E-state index contributed by atoms with van der Waals surface area (Å²) in [6.07, 6.45) is -10.1. The number of carbonyl (C=O) groups is 2. The van der Waals surface area contributed by atoms with Crippen molar-refractivity contribution in [3.8, 4) is 0 Å². The van der Waals surface area contributed by atoms with Gasteiger partial charge in [-0.3, -0.25) is 0 Å². The number of alkyl carbamates (subject to hydrolysis) is 1. The normalized spacial score (nSPS) is 14.1. The molecule has 1 amide bonds. The van der Waals surface area contributed by atoms with Crippen LogP contribution in [-0.2, 0) is 14.3 Å². The van der Waals surface area contributed by atoms with E-state index in [2.05, 4.69) is 9.47 Å². The second kappa shape index (κ2) is 7.68. The Morgan fingerprint density at radius 1 is 1.09 bits per heavy atom. The average Bonchev–Trinajstić information content (AvgIpc) is 2.42. The van der Waals surface area contributed by atoms with Crippen molar-refractivity contribution in [3.63, 3.8) is 0 Å². The van der Waals surface area contributed by atoms with Gasteiger partial charge in [-0.2, -0.15) is 30.7 Å². The first kappa shape index (κ1) is 21.2. The molecule has 0 spiro atoms. The molecule has 0 aromatic rings. The molecular formula is C11H14F7NO4. The molecule has 136 valence electrons. The van der Waals surface area contributed by atoms with E-state index in [1.165, 1.54) is 12.2 Å². The van der Waals surface area contributed by atoms with Gasteiger partial charge in [0.1, 0.15) is 6.04 Å². The van der Waals surface area contributed by atoms with Crippen molar-refractivity contribution in [3.05, 3.63) is 0 Å². The van der Waals surface area contributed by atoms with E-state index in [1.54, 1.807) is 0 Å². The number of alkyl halides is 7. The van der Waals surface area contributed by atoms with Crippen LogP contribution in [0.2, 0.25) is 0 Å². The maximum Gasteiger partial charge on any atom is 0.459 e. The zero-order chi connectivity index (χ0) is 18.5.